The Balaban J connectivity index is 2.24. The first-order chi connectivity index (χ1) is 8.38. The molecule has 0 spiro atoms. The molecule has 0 bridgehead atoms. The van der Waals surface area contributed by atoms with Gasteiger partial charge in [-0.3, -0.25) is 4.99 Å². The van der Waals surface area contributed by atoms with Gasteiger partial charge in [-0.1, -0.05) is 42.5 Å². The van der Waals surface area contributed by atoms with Crippen LogP contribution in [-0.2, 0) is 6.42 Å². The highest BCUT2D eigenvalue weighted by atomic mass is 16.3. The van der Waals surface area contributed by atoms with Crippen molar-refractivity contribution in [3.8, 4) is 0 Å². The molecule has 17 heavy (non-hydrogen) atoms. The molecular weight excluding hydrogens is 210 g/mol. The van der Waals surface area contributed by atoms with Crippen molar-refractivity contribution < 1.29 is 5.11 Å². The van der Waals surface area contributed by atoms with Crippen LogP contribution in [0.4, 0.5) is 5.69 Å². The minimum Gasteiger partial charge on any atom is -0.390 e. The summed E-state index contributed by atoms with van der Waals surface area (Å²) in [4.78, 5) is 4.57. The highest BCUT2D eigenvalue weighted by molar-refractivity contribution is 6.04. The number of benzene rings is 2. The van der Waals surface area contributed by atoms with Crippen molar-refractivity contribution in [3.05, 3.63) is 65.2 Å². The average molecular weight is 223 g/mol. The van der Waals surface area contributed by atoms with Crippen LogP contribution >= 0.6 is 0 Å². The van der Waals surface area contributed by atoms with E-state index in [9.17, 15) is 5.11 Å². The molecule has 0 saturated carbocycles. The van der Waals surface area contributed by atoms with Crippen LogP contribution in [-0.4, -0.2) is 17.4 Å². The number of rotatable bonds is 1. The molecule has 1 N–H and O–H groups in total. The van der Waals surface area contributed by atoms with Crippen LogP contribution in [0.15, 0.2) is 53.5 Å². The van der Waals surface area contributed by atoms with Gasteiger partial charge in [0.2, 0.25) is 0 Å². The Hall–Kier alpha value is -1.93. The molecule has 0 unspecified atom stereocenters. The maximum absolute atomic E-state index is 9.46. The molecule has 1 aliphatic heterocycles. The van der Waals surface area contributed by atoms with E-state index in [4.69, 9.17) is 0 Å². The van der Waals surface area contributed by atoms with Gasteiger partial charge in [-0.25, -0.2) is 0 Å². The topological polar surface area (TPSA) is 32.6 Å². The molecule has 1 heterocycles. The normalized spacial score (nSPS) is 13.4. The van der Waals surface area contributed by atoms with E-state index >= 15 is 0 Å². The highest BCUT2D eigenvalue weighted by Crippen LogP contribution is 2.28. The Kier molecular flexibility index (Phi) is 2.50. The van der Waals surface area contributed by atoms with Gasteiger partial charge >= 0.3 is 0 Å². The summed E-state index contributed by atoms with van der Waals surface area (Å²) in [6.45, 7) is -0.0225. The second-order valence-corrected chi connectivity index (χ2v) is 4.18. The lowest BCUT2D eigenvalue weighted by Crippen LogP contribution is -2.07. The number of aliphatic hydroxyl groups excluding tert-OH is 1. The SMILES string of the molecule is OCC1=Nc2ccccc2Cc2ccccc21. The van der Waals surface area contributed by atoms with E-state index in [1.54, 1.807) is 0 Å². The summed E-state index contributed by atoms with van der Waals surface area (Å²) in [7, 11) is 0. The first kappa shape index (κ1) is 10.2. The van der Waals surface area contributed by atoms with E-state index in [2.05, 4.69) is 17.1 Å². The molecule has 84 valence electrons. The number of para-hydroxylation sites is 1. The number of aliphatic imine (C=N–C) groups is 1. The monoisotopic (exact) mass is 223 g/mol. The molecule has 2 heteroatoms. The first-order valence-corrected chi connectivity index (χ1v) is 5.73. The molecule has 3 rings (SSSR count). The predicted molar refractivity (Wildman–Crippen MR) is 69.0 cm³/mol. The molecule has 0 aliphatic carbocycles. The third-order valence-electron chi connectivity index (χ3n) is 3.11. The largest absolute Gasteiger partial charge is 0.390 e. The molecular formula is C15H13NO. The van der Waals surface area contributed by atoms with Crippen molar-refractivity contribution in [2.75, 3.05) is 6.61 Å². The molecule has 0 atom stereocenters. The lowest BCUT2D eigenvalue weighted by molar-refractivity contribution is 0.358. The van der Waals surface area contributed by atoms with E-state index in [-0.39, 0.29) is 6.61 Å². The number of hydrogen-bond acceptors (Lipinski definition) is 2. The van der Waals surface area contributed by atoms with E-state index in [1.807, 2.05) is 36.4 Å². The predicted octanol–water partition coefficient (Wildman–Crippen LogP) is 2.70. The van der Waals surface area contributed by atoms with Crippen molar-refractivity contribution in [2.24, 2.45) is 4.99 Å². The zero-order chi connectivity index (χ0) is 11.7. The standard InChI is InChI=1S/C15H13NO/c17-10-15-13-7-3-1-5-11(13)9-12-6-2-4-8-14(12)16-15/h1-8,17H,9-10H2. The van der Waals surface area contributed by atoms with Gasteiger partial charge in [-0.15, -0.1) is 0 Å². The highest BCUT2D eigenvalue weighted by Gasteiger charge is 2.14. The summed E-state index contributed by atoms with van der Waals surface area (Å²) in [5.74, 6) is 0. The number of fused-ring (bicyclic) bond motifs is 2. The van der Waals surface area contributed by atoms with Crippen LogP contribution in [0.5, 0.6) is 0 Å². The van der Waals surface area contributed by atoms with Crippen molar-refractivity contribution in [1.82, 2.24) is 0 Å². The van der Waals surface area contributed by atoms with Gasteiger partial charge in [-0.2, -0.15) is 0 Å². The first-order valence-electron chi connectivity index (χ1n) is 5.73. The third kappa shape index (κ3) is 1.77. The minimum absolute atomic E-state index is 0.0225. The molecule has 0 aromatic heterocycles. The second-order valence-electron chi connectivity index (χ2n) is 4.18. The fourth-order valence-corrected chi connectivity index (χ4v) is 2.26. The maximum atomic E-state index is 9.46. The Morgan fingerprint density at radius 2 is 1.65 bits per heavy atom. The molecule has 2 nitrogen and oxygen atoms in total. The summed E-state index contributed by atoms with van der Waals surface area (Å²) >= 11 is 0. The van der Waals surface area contributed by atoms with E-state index in [0.29, 0.717) is 0 Å². The van der Waals surface area contributed by atoms with Crippen LogP contribution < -0.4 is 0 Å². The summed E-state index contributed by atoms with van der Waals surface area (Å²) < 4.78 is 0. The smallest absolute Gasteiger partial charge is 0.0859 e. The van der Waals surface area contributed by atoms with Crippen molar-refractivity contribution in [3.63, 3.8) is 0 Å². The minimum atomic E-state index is -0.0225. The molecule has 0 fully saturated rings. The molecule has 2 aromatic carbocycles. The van der Waals surface area contributed by atoms with Gasteiger partial charge < -0.3 is 5.11 Å². The fourth-order valence-electron chi connectivity index (χ4n) is 2.26. The number of aliphatic hydroxyl groups is 1. The summed E-state index contributed by atoms with van der Waals surface area (Å²) in [5.41, 5.74) is 5.22. The van der Waals surface area contributed by atoms with E-state index in [1.165, 1.54) is 11.1 Å². The van der Waals surface area contributed by atoms with Crippen molar-refractivity contribution in [1.29, 1.82) is 0 Å². The Morgan fingerprint density at radius 3 is 2.47 bits per heavy atom. The maximum Gasteiger partial charge on any atom is 0.0859 e. The van der Waals surface area contributed by atoms with Gasteiger partial charge in [0.05, 0.1) is 18.0 Å². The summed E-state index contributed by atoms with van der Waals surface area (Å²) in [6, 6.07) is 16.2. The van der Waals surface area contributed by atoms with Crippen LogP contribution in [0.3, 0.4) is 0 Å². The Bertz CT molecular complexity index is 587. The van der Waals surface area contributed by atoms with Crippen LogP contribution in [0.2, 0.25) is 0 Å². The van der Waals surface area contributed by atoms with Gasteiger partial charge in [-0.05, 0) is 17.2 Å². The molecule has 0 radical (unpaired) electrons. The van der Waals surface area contributed by atoms with Gasteiger partial charge in [0.1, 0.15) is 0 Å². The summed E-state index contributed by atoms with van der Waals surface area (Å²) in [6.07, 6.45) is 0.874. The summed E-state index contributed by atoms with van der Waals surface area (Å²) in [5, 5.41) is 9.46. The molecule has 0 saturated heterocycles. The number of nitrogens with zero attached hydrogens (tertiary/aromatic N) is 1. The fraction of sp³-hybridized carbons (Fsp3) is 0.133. The van der Waals surface area contributed by atoms with Crippen LogP contribution in [0.25, 0.3) is 0 Å². The van der Waals surface area contributed by atoms with Crippen molar-refractivity contribution in [2.45, 2.75) is 6.42 Å². The van der Waals surface area contributed by atoms with E-state index in [0.717, 1.165) is 23.4 Å². The van der Waals surface area contributed by atoms with Crippen LogP contribution in [0.1, 0.15) is 16.7 Å². The Morgan fingerprint density at radius 1 is 0.941 bits per heavy atom. The molecule has 1 aliphatic rings. The molecule has 0 amide bonds. The Labute approximate surface area is 100 Å². The second kappa shape index (κ2) is 4.15. The zero-order valence-corrected chi connectivity index (χ0v) is 9.43. The quantitative estimate of drug-likeness (QED) is 0.792. The van der Waals surface area contributed by atoms with Gasteiger partial charge in [0.25, 0.3) is 0 Å². The third-order valence-corrected chi connectivity index (χ3v) is 3.11. The zero-order valence-electron chi connectivity index (χ0n) is 9.43. The van der Waals surface area contributed by atoms with E-state index < -0.39 is 0 Å². The van der Waals surface area contributed by atoms with Gasteiger partial charge in [0, 0.05) is 12.0 Å². The number of hydrogen-bond donors (Lipinski definition) is 1. The molecule has 2 aromatic rings. The average Bonchev–Trinajstić information content (AvgIpc) is 2.54. The van der Waals surface area contributed by atoms with Crippen LogP contribution in [0, 0.1) is 0 Å². The lowest BCUT2D eigenvalue weighted by atomic mass is 9.98. The lowest BCUT2D eigenvalue weighted by Gasteiger charge is -2.06. The van der Waals surface area contributed by atoms with Crippen molar-refractivity contribution >= 4 is 11.4 Å². The van der Waals surface area contributed by atoms with Gasteiger partial charge in [0.15, 0.2) is 0 Å².